The van der Waals surface area contributed by atoms with Gasteiger partial charge in [-0.2, -0.15) is 0 Å². The summed E-state index contributed by atoms with van der Waals surface area (Å²) in [5, 5.41) is 0. The van der Waals surface area contributed by atoms with Gasteiger partial charge in [-0.1, -0.05) is 26.8 Å². The number of aromatic nitrogens is 1. The number of halogens is 2. The van der Waals surface area contributed by atoms with Gasteiger partial charge in [0.1, 0.15) is 5.69 Å². The van der Waals surface area contributed by atoms with Gasteiger partial charge in [-0.3, -0.25) is 4.98 Å². The predicted octanol–water partition coefficient (Wildman–Crippen LogP) is 3.71. The zero-order valence-electron chi connectivity index (χ0n) is 8.72. The van der Waals surface area contributed by atoms with E-state index in [0.29, 0.717) is 0 Å². The molecule has 78 valence electrons. The highest BCUT2D eigenvalue weighted by molar-refractivity contribution is 5.18. The number of rotatable bonds is 3. The first-order valence-electron chi connectivity index (χ1n) is 4.73. The van der Waals surface area contributed by atoms with E-state index in [9.17, 15) is 8.78 Å². The molecule has 1 rings (SSSR count). The van der Waals surface area contributed by atoms with Crippen LogP contribution in [0.4, 0.5) is 8.78 Å². The lowest BCUT2D eigenvalue weighted by atomic mass is 9.86. The average molecular weight is 199 g/mol. The van der Waals surface area contributed by atoms with Gasteiger partial charge in [-0.25, -0.2) is 8.78 Å². The van der Waals surface area contributed by atoms with Crippen LogP contribution in [-0.2, 0) is 5.41 Å². The molecular weight excluding hydrogens is 184 g/mol. The summed E-state index contributed by atoms with van der Waals surface area (Å²) in [5.74, 6) is 0. The molecule has 0 aliphatic carbocycles. The molecule has 1 heterocycles. The van der Waals surface area contributed by atoms with Crippen molar-refractivity contribution in [1.29, 1.82) is 0 Å². The van der Waals surface area contributed by atoms with Crippen molar-refractivity contribution in [2.75, 3.05) is 0 Å². The average Bonchev–Trinajstić information content (AvgIpc) is 2.18. The molecule has 0 saturated heterocycles. The summed E-state index contributed by atoms with van der Waals surface area (Å²) in [6, 6.07) is 4.80. The molecule has 0 radical (unpaired) electrons. The van der Waals surface area contributed by atoms with Gasteiger partial charge in [-0.15, -0.1) is 0 Å². The predicted molar refractivity (Wildman–Crippen MR) is 52.5 cm³/mol. The summed E-state index contributed by atoms with van der Waals surface area (Å²) in [6.45, 7) is 6.03. The molecule has 0 saturated carbocycles. The van der Waals surface area contributed by atoms with E-state index >= 15 is 0 Å². The maximum Gasteiger partial charge on any atom is 0.280 e. The van der Waals surface area contributed by atoms with Crippen molar-refractivity contribution < 1.29 is 8.78 Å². The lowest BCUT2D eigenvalue weighted by Gasteiger charge is -2.22. The van der Waals surface area contributed by atoms with Crippen molar-refractivity contribution in [2.24, 2.45) is 0 Å². The van der Waals surface area contributed by atoms with Gasteiger partial charge in [0.2, 0.25) is 0 Å². The first-order valence-corrected chi connectivity index (χ1v) is 4.73. The Kier molecular flexibility index (Phi) is 3.19. The second kappa shape index (κ2) is 4.03. The van der Waals surface area contributed by atoms with Gasteiger partial charge in [0.15, 0.2) is 0 Å². The molecule has 1 nitrogen and oxygen atoms in total. The molecule has 0 N–H and O–H groups in total. The van der Waals surface area contributed by atoms with E-state index in [1.807, 2.05) is 20.8 Å². The SMILES string of the molecule is CCC(C)(C)c1cccc(C(F)F)n1. The van der Waals surface area contributed by atoms with E-state index in [1.165, 1.54) is 6.07 Å². The van der Waals surface area contributed by atoms with Crippen LogP contribution in [0.3, 0.4) is 0 Å². The Labute approximate surface area is 83.2 Å². The second-order valence-corrected chi connectivity index (χ2v) is 3.99. The minimum absolute atomic E-state index is 0.134. The topological polar surface area (TPSA) is 12.9 Å². The molecule has 0 amide bonds. The molecular formula is C11H15F2N. The molecule has 14 heavy (non-hydrogen) atoms. The van der Waals surface area contributed by atoms with Crippen LogP contribution < -0.4 is 0 Å². The summed E-state index contributed by atoms with van der Waals surface area (Å²) in [5.41, 5.74) is 0.465. The standard InChI is InChI=1S/C11H15F2N/c1-4-11(2,3)9-7-5-6-8(14-9)10(12)13/h5-7,10H,4H2,1-3H3. The molecule has 0 spiro atoms. The first kappa shape index (κ1) is 11.1. The highest BCUT2D eigenvalue weighted by Crippen LogP contribution is 2.26. The molecule has 0 unspecified atom stereocenters. The molecule has 1 aromatic rings. The van der Waals surface area contributed by atoms with Crippen molar-refractivity contribution in [3.8, 4) is 0 Å². The molecule has 0 bridgehead atoms. The van der Waals surface area contributed by atoms with Crippen molar-refractivity contribution in [3.05, 3.63) is 29.6 Å². The van der Waals surface area contributed by atoms with Crippen molar-refractivity contribution in [3.63, 3.8) is 0 Å². The Morgan fingerprint density at radius 1 is 1.36 bits per heavy atom. The third-order valence-electron chi connectivity index (χ3n) is 2.57. The zero-order valence-corrected chi connectivity index (χ0v) is 8.72. The van der Waals surface area contributed by atoms with Gasteiger partial charge < -0.3 is 0 Å². The van der Waals surface area contributed by atoms with E-state index in [1.54, 1.807) is 12.1 Å². The zero-order chi connectivity index (χ0) is 10.8. The van der Waals surface area contributed by atoms with Gasteiger partial charge in [-0.05, 0) is 18.6 Å². The van der Waals surface area contributed by atoms with E-state index < -0.39 is 6.43 Å². The summed E-state index contributed by atoms with van der Waals surface area (Å²) >= 11 is 0. The Balaban J connectivity index is 3.05. The molecule has 0 atom stereocenters. The fourth-order valence-corrected chi connectivity index (χ4v) is 1.13. The van der Waals surface area contributed by atoms with Gasteiger partial charge in [0, 0.05) is 11.1 Å². The van der Waals surface area contributed by atoms with Crippen LogP contribution in [0.25, 0.3) is 0 Å². The third-order valence-corrected chi connectivity index (χ3v) is 2.57. The molecule has 3 heteroatoms. The highest BCUT2D eigenvalue weighted by atomic mass is 19.3. The van der Waals surface area contributed by atoms with Crippen molar-refractivity contribution >= 4 is 0 Å². The van der Waals surface area contributed by atoms with E-state index in [0.717, 1.165) is 12.1 Å². The van der Waals surface area contributed by atoms with Crippen LogP contribution in [0.15, 0.2) is 18.2 Å². The van der Waals surface area contributed by atoms with E-state index in [2.05, 4.69) is 4.98 Å². The molecule has 0 aliphatic heterocycles. The number of pyridine rings is 1. The van der Waals surface area contributed by atoms with Crippen LogP contribution in [0.2, 0.25) is 0 Å². The number of nitrogens with zero attached hydrogens (tertiary/aromatic N) is 1. The van der Waals surface area contributed by atoms with Gasteiger partial charge in [0.05, 0.1) is 0 Å². The van der Waals surface area contributed by atoms with Crippen LogP contribution in [0, 0.1) is 0 Å². The maximum absolute atomic E-state index is 12.4. The minimum atomic E-state index is -2.48. The second-order valence-electron chi connectivity index (χ2n) is 3.99. The van der Waals surface area contributed by atoms with Crippen LogP contribution in [-0.4, -0.2) is 4.98 Å². The lowest BCUT2D eigenvalue weighted by molar-refractivity contribution is 0.145. The smallest absolute Gasteiger partial charge is 0.251 e. The van der Waals surface area contributed by atoms with Crippen LogP contribution >= 0.6 is 0 Å². The number of alkyl halides is 2. The highest BCUT2D eigenvalue weighted by Gasteiger charge is 2.21. The quantitative estimate of drug-likeness (QED) is 0.723. The summed E-state index contributed by atoms with van der Waals surface area (Å²) in [6.07, 6.45) is -1.60. The van der Waals surface area contributed by atoms with Crippen LogP contribution in [0.1, 0.15) is 45.0 Å². The third kappa shape index (κ3) is 2.28. The number of hydrogen-bond acceptors (Lipinski definition) is 1. The molecule has 1 aromatic heterocycles. The molecule has 0 aliphatic rings. The van der Waals surface area contributed by atoms with E-state index in [4.69, 9.17) is 0 Å². The Hall–Kier alpha value is -0.990. The summed E-state index contributed by atoms with van der Waals surface area (Å²) in [7, 11) is 0. The Bertz CT molecular complexity index is 308. The molecule has 0 fully saturated rings. The fraction of sp³-hybridized carbons (Fsp3) is 0.545. The van der Waals surface area contributed by atoms with Gasteiger partial charge >= 0.3 is 0 Å². The Morgan fingerprint density at radius 2 is 2.00 bits per heavy atom. The van der Waals surface area contributed by atoms with E-state index in [-0.39, 0.29) is 11.1 Å². The van der Waals surface area contributed by atoms with Crippen LogP contribution in [0.5, 0.6) is 0 Å². The largest absolute Gasteiger partial charge is 0.280 e. The first-order chi connectivity index (χ1) is 6.47. The summed E-state index contributed by atoms with van der Waals surface area (Å²) < 4.78 is 24.8. The van der Waals surface area contributed by atoms with Gasteiger partial charge in [0.25, 0.3) is 6.43 Å². The monoisotopic (exact) mass is 199 g/mol. The van der Waals surface area contributed by atoms with Crippen molar-refractivity contribution in [2.45, 2.75) is 39.0 Å². The minimum Gasteiger partial charge on any atom is -0.251 e. The van der Waals surface area contributed by atoms with Crippen molar-refractivity contribution in [1.82, 2.24) is 4.98 Å². The normalized spacial score (nSPS) is 12.1. The molecule has 0 aromatic carbocycles. The Morgan fingerprint density at radius 3 is 2.50 bits per heavy atom. The fourth-order valence-electron chi connectivity index (χ4n) is 1.13. The maximum atomic E-state index is 12.4. The number of hydrogen-bond donors (Lipinski definition) is 0. The summed E-state index contributed by atoms with van der Waals surface area (Å²) in [4.78, 5) is 3.96. The lowest BCUT2D eigenvalue weighted by Crippen LogP contribution is -2.18.